The summed E-state index contributed by atoms with van der Waals surface area (Å²) in [4.78, 5) is 12.4. The highest BCUT2D eigenvalue weighted by Crippen LogP contribution is 2.16. The Bertz CT molecular complexity index is 655. The van der Waals surface area contributed by atoms with Crippen LogP contribution in [0.2, 0.25) is 0 Å². The second-order valence-electron chi connectivity index (χ2n) is 14.5. The lowest BCUT2D eigenvalue weighted by atomic mass is 9.99. The number of nitrogens with one attached hydrogen (secondary N) is 1. The van der Waals surface area contributed by atoms with Crippen LogP contribution in [0.15, 0.2) is 12.2 Å². The third-order valence-electron chi connectivity index (χ3n) is 9.87. The summed E-state index contributed by atoms with van der Waals surface area (Å²) in [5.74, 6) is -0.148. The van der Waals surface area contributed by atoms with Crippen molar-refractivity contribution in [2.24, 2.45) is 0 Å². The van der Waals surface area contributed by atoms with E-state index in [1.165, 1.54) is 161 Å². The van der Waals surface area contributed by atoms with Crippen LogP contribution in [0.3, 0.4) is 0 Å². The van der Waals surface area contributed by atoms with Crippen LogP contribution in [-0.2, 0) is 4.79 Å². The largest absolute Gasteiger partial charge is 0.394 e. The van der Waals surface area contributed by atoms with Crippen LogP contribution in [0.4, 0.5) is 0 Å². The first kappa shape index (κ1) is 46.1. The summed E-state index contributed by atoms with van der Waals surface area (Å²) in [5, 5.41) is 33.5. The van der Waals surface area contributed by atoms with Gasteiger partial charge in [-0.3, -0.25) is 4.79 Å². The topological polar surface area (TPSA) is 89.8 Å². The molecule has 4 N–H and O–H groups in total. The molecule has 0 aliphatic rings. The minimum atomic E-state index is -1.13. The fourth-order valence-electron chi connectivity index (χ4n) is 6.57. The van der Waals surface area contributed by atoms with Crippen molar-refractivity contribution in [3.63, 3.8) is 0 Å². The molecule has 0 aromatic carbocycles. The number of aliphatic hydroxyl groups excluding tert-OH is 3. The van der Waals surface area contributed by atoms with Crippen LogP contribution in [0, 0.1) is 0 Å². The molecule has 0 bridgehead atoms. The maximum absolute atomic E-state index is 12.4. The highest BCUT2D eigenvalue weighted by molar-refractivity contribution is 5.76. The third-order valence-corrected chi connectivity index (χ3v) is 9.87. The SMILES string of the molecule is CCCCCCCC/C=C\CCCCCCCCCC(=O)NC(CO)C(O)C(O)CCCCCCCCCCCCCCCCCC. The van der Waals surface area contributed by atoms with Crippen molar-refractivity contribution in [1.29, 1.82) is 0 Å². The van der Waals surface area contributed by atoms with Gasteiger partial charge in [-0.25, -0.2) is 0 Å². The molecule has 0 fully saturated rings. The summed E-state index contributed by atoms with van der Waals surface area (Å²) in [5.41, 5.74) is 0. The van der Waals surface area contributed by atoms with Gasteiger partial charge >= 0.3 is 0 Å². The maximum Gasteiger partial charge on any atom is 0.220 e. The Morgan fingerprint density at radius 3 is 1.23 bits per heavy atom. The van der Waals surface area contributed by atoms with Crippen molar-refractivity contribution in [2.75, 3.05) is 6.61 Å². The fourth-order valence-corrected chi connectivity index (χ4v) is 6.57. The smallest absolute Gasteiger partial charge is 0.220 e. The van der Waals surface area contributed by atoms with Gasteiger partial charge in [0.2, 0.25) is 5.91 Å². The predicted octanol–water partition coefficient (Wildman–Crippen LogP) is 11.7. The lowest BCUT2D eigenvalue weighted by molar-refractivity contribution is -0.124. The zero-order valence-electron chi connectivity index (χ0n) is 31.7. The standard InChI is InChI=1S/C42H83NO4/c1-3-5-7-9-11-13-15-17-19-21-23-25-27-29-31-33-35-37-41(46)43-39(38-44)42(47)40(45)36-34-32-30-28-26-24-22-20-18-16-14-12-10-8-6-4-2/h17,19,39-40,42,44-45,47H,3-16,18,20-38H2,1-2H3,(H,43,46)/b19-17-. The molecule has 47 heavy (non-hydrogen) atoms. The van der Waals surface area contributed by atoms with Crippen LogP contribution < -0.4 is 5.32 Å². The number of hydrogen-bond acceptors (Lipinski definition) is 4. The number of allylic oxidation sites excluding steroid dienone is 2. The lowest BCUT2D eigenvalue weighted by Gasteiger charge is -2.26. The van der Waals surface area contributed by atoms with Crippen LogP contribution in [-0.4, -0.2) is 46.1 Å². The lowest BCUT2D eigenvalue weighted by Crippen LogP contribution is -2.50. The van der Waals surface area contributed by atoms with Crippen LogP contribution >= 0.6 is 0 Å². The molecule has 0 aromatic heterocycles. The molecule has 280 valence electrons. The van der Waals surface area contributed by atoms with Gasteiger partial charge in [0.25, 0.3) is 0 Å². The van der Waals surface area contributed by atoms with E-state index in [0.717, 1.165) is 38.5 Å². The predicted molar refractivity (Wildman–Crippen MR) is 204 cm³/mol. The highest BCUT2D eigenvalue weighted by Gasteiger charge is 2.26. The van der Waals surface area contributed by atoms with Crippen LogP contribution in [0.25, 0.3) is 0 Å². The van der Waals surface area contributed by atoms with E-state index in [4.69, 9.17) is 0 Å². The van der Waals surface area contributed by atoms with Crippen molar-refractivity contribution >= 4 is 5.91 Å². The van der Waals surface area contributed by atoms with E-state index in [0.29, 0.717) is 12.8 Å². The molecular weight excluding hydrogens is 582 g/mol. The summed E-state index contributed by atoms with van der Waals surface area (Å²) < 4.78 is 0. The minimum absolute atomic E-state index is 0.148. The van der Waals surface area contributed by atoms with E-state index in [9.17, 15) is 20.1 Å². The van der Waals surface area contributed by atoms with Gasteiger partial charge < -0.3 is 20.6 Å². The molecule has 5 heteroatoms. The van der Waals surface area contributed by atoms with Gasteiger partial charge in [0, 0.05) is 6.42 Å². The quantitative estimate of drug-likeness (QED) is 0.0390. The Labute approximate surface area is 293 Å². The molecule has 0 saturated carbocycles. The molecule has 0 aromatic rings. The average Bonchev–Trinajstić information content (AvgIpc) is 3.07. The van der Waals surface area contributed by atoms with Crippen LogP contribution in [0.1, 0.15) is 226 Å². The maximum atomic E-state index is 12.4. The number of amides is 1. The van der Waals surface area contributed by atoms with Gasteiger partial charge in [0.1, 0.15) is 6.10 Å². The summed E-state index contributed by atoms with van der Waals surface area (Å²) in [6.45, 7) is 4.18. The Morgan fingerprint density at radius 1 is 0.511 bits per heavy atom. The van der Waals surface area contributed by atoms with Crippen LogP contribution in [0.5, 0.6) is 0 Å². The average molecular weight is 666 g/mol. The Hall–Kier alpha value is -0.910. The first-order valence-corrected chi connectivity index (χ1v) is 21.0. The minimum Gasteiger partial charge on any atom is -0.394 e. The molecule has 0 rings (SSSR count). The molecule has 3 unspecified atom stereocenters. The van der Waals surface area contributed by atoms with Crippen molar-refractivity contribution in [2.45, 2.75) is 244 Å². The molecule has 0 spiro atoms. The number of rotatable bonds is 38. The summed E-state index contributed by atoms with van der Waals surface area (Å²) in [7, 11) is 0. The second-order valence-corrected chi connectivity index (χ2v) is 14.5. The molecule has 0 heterocycles. The van der Waals surface area contributed by atoms with E-state index >= 15 is 0 Å². The zero-order chi connectivity index (χ0) is 34.5. The van der Waals surface area contributed by atoms with Crippen molar-refractivity contribution in [3.8, 4) is 0 Å². The molecule has 0 saturated heterocycles. The molecule has 1 amide bonds. The third kappa shape index (κ3) is 33.4. The first-order valence-electron chi connectivity index (χ1n) is 21.0. The van der Waals surface area contributed by atoms with Gasteiger partial charge in [0.15, 0.2) is 0 Å². The fraction of sp³-hybridized carbons (Fsp3) is 0.929. The Kier molecular flexibility index (Phi) is 37.2. The summed E-state index contributed by atoms with van der Waals surface area (Å²) in [6.07, 6.45) is 43.1. The summed E-state index contributed by atoms with van der Waals surface area (Å²) in [6, 6.07) is -0.807. The molecule has 0 aliphatic heterocycles. The van der Waals surface area contributed by atoms with E-state index in [-0.39, 0.29) is 12.5 Å². The van der Waals surface area contributed by atoms with E-state index in [1.807, 2.05) is 0 Å². The van der Waals surface area contributed by atoms with E-state index < -0.39 is 18.2 Å². The van der Waals surface area contributed by atoms with Gasteiger partial charge in [0.05, 0.1) is 18.8 Å². The first-order chi connectivity index (χ1) is 23.1. The van der Waals surface area contributed by atoms with E-state index in [2.05, 4.69) is 31.3 Å². The van der Waals surface area contributed by atoms with Crippen molar-refractivity contribution in [1.82, 2.24) is 5.32 Å². The molecule has 3 atom stereocenters. The normalized spacial score (nSPS) is 13.7. The second kappa shape index (κ2) is 37.9. The van der Waals surface area contributed by atoms with Gasteiger partial charge in [-0.05, 0) is 38.5 Å². The molecule has 0 radical (unpaired) electrons. The zero-order valence-corrected chi connectivity index (χ0v) is 31.7. The summed E-state index contributed by atoms with van der Waals surface area (Å²) >= 11 is 0. The van der Waals surface area contributed by atoms with E-state index in [1.54, 1.807) is 0 Å². The van der Waals surface area contributed by atoms with Gasteiger partial charge in [-0.15, -0.1) is 0 Å². The Morgan fingerprint density at radius 2 is 0.851 bits per heavy atom. The van der Waals surface area contributed by atoms with Crippen molar-refractivity contribution < 1.29 is 20.1 Å². The number of aliphatic hydroxyl groups is 3. The van der Waals surface area contributed by atoms with Gasteiger partial charge in [-0.2, -0.15) is 0 Å². The Balaban J connectivity index is 3.64. The number of carbonyl (C=O) groups excluding carboxylic acids is 1. The number of unbranched alkanes of at least 4 members (excludes halogenated alkanes) is 28. The highest BCUT2D eigenvalue weighted by atomic mass is 16.3. The molecule has 5 nitrogen and oxygen atoms in total. The van der Waals surface area contributed by atoms with Crippen molar-refractivity contribution in [3.05, 3.63) is 12.2 Å². The molecular formula is C42H83NO4. The monoisotopic (exact) mass is 666 g/mol. The molecule has 0 aliphatic carbocycles. The number of hydrogen-bond donors (Lipinski definition) is 4. The van der Waals surface area contributed by atoms with Gasteiger partial charge in [-0.1, -0.05) is 193 Å². The number of carbonyl (C=O) groups is 1.